The van der Waals surface area contributed by atoms with E-state index in [1.165, 1.54) is 19.2 Å². The molecule has 5 heteroatoms. The number of aldehydes is 1. The maximum atomic E-state index is 12.4. The van der Waals surface area contributed by atoms with Crippen molar-refractivity contribution in [1.29, 1.82) is 0 Å². The van der Waals surface area contributed by atoms with Crippen LogP contribution in [0.1, 0.15) is 36.5 Å². The molecule has 0 saturated carbocycles. The van der Waals surface area contributed by atoms with Gasteiger partial charge in [-0.05, 0) is 30.5 Å². The molecule has 0 amide bonds. The van der Waals surface area contributed by atoms with Gasteiger partial charge in [0.15, 0.2) is 0 Å². The van der Waals surface area contributed by atoms with Crippen molar-refractivity contribution in [3.63, 3.8) is 0 Å². The number of carbonyl (C=O) groups excluding carboxylic acids is 1. The Labute approximate surface area is 104 Å². The lowest BCUT2D eigenvalue weighted by molar-refractivity contribution is -0.137. The van der Waals surface area contributed by atoms with Crippen molar-refractivity contribution in [2.75, 3.05) is 7.11 Å². The zero-order chi connectivity index (χ0) is 13.6. The SMILES string of the molecule is COC(CCCC=O)c1ccc(C(F)(F)F)cc1. The van der Waals surface area contributed by atoms with Crippen molar-refractivity contribution >= 4 is 6.29 Å². The lowest BCUT2D eigenvalue weighted by Gasteiger charge is -2.16. The summed E-state index contributed by atoms with van der Waals surface area (Å²) < 4.78 is 42.4. The molecule has 1 rings (SSSR count). The van der Waals surface area contributed by atoms with E-state index in [0.717, 1.165) is 18.4 Å². The van der Waals surface area contributed by atoms with Crippen LogP contribution in [0.5, 0.6) is 0 Å². The molecule has 1 unspecified atom stereocenters. The molecule has 0 heterocycles. The standard InChI is InChI=1S/C13H15F3O2/c1-18-12(4-2-3-9-17)10-5-7-11(8-6-10)13(14,15)16/h5-9,12H,2-4H2,1H3. The van der Waals surface area contributed by atoms with Gasteiger partial charge < -0.3 is 9.53 Å². The maximum Gasteiger partial charge on any atom is 0.416 e. The number of methoxy groups -OCH3 is 1. The Morgan fingerprint density at radius 1 is 1.28 bits per heavy atom. The fraction of sp³-hybridized carbons (Fsp3) is 0.462. The molecular weight excluding hydrogens is 245 g/mol. The van der Waals surface area contributed by atoms with Gasteiger partial charge in [-0.1, -0.05) is 12.1 Å². The topological polar surface area (TPSA) is 26.3 Å². The van der Waals surface area contributed by atoms with Crippen LogP contribution in [-0.2, 0) is 15.7 Å². The van der Waals surface area contributed by atoms with E-state index >= 15 is 0 Å². The highest BCUT2D eigenvalue weighted by molar-refractivity contribution is 5.49. The van der Waals surface area contributed by atoms with Crippen molar-refractivity contribution in [2.24, 2.45) is 0 Å². The van der Waals surface area contributed by atoms with Gasteiger partial charge in [0.1, 0.15) is 6.29 Å². The van der Waals surface area contributed by atoms with E-state index in [2.05, 4.69) is 0 Å². The summed E-state index contributed by atoms with van der Waals surface area (Å²) in [5.41, 5.74) is 0.0189. The summed E-state index contributed by atoms with van der Waals surface area (Å²) >= 11 is 0. The van der Waals surface area contributed by atoms with Gasteiger partial charge in [-0.2, -0.15) is 13.2 Å². The smallest absolute Gasteiger partial charge is 0.377 e. The van der Waals surface area contributed by atoms with Gasteiger partial charge >= 0.3 is 6.18 Å². The van der Waals surface area contributed by atoms with Crippen molar-refractivity contribution in [3.05, 3.63) is 35.4 Å². The van der Waals surface area contributed by atoms with Crippen LogP contribution in [-0.4, -0.2) is 13.4 Å². The molecule has 0 aromatic heterocycles. The lowest BCUT2D eigenvalue weighted by atomic mass is 10.0. The van der Waals surface area contributed by atoms with Crippen molar-refractivity contribution in [2.45, 2.75) is 31.5 Å². The van der Waals surface area contributed by atoms with Crippen molar-refractivity contribution < 1.29 is 22.7 Å². The number of carbonyl (C=O) groups is 1. The molecule has 1 atom stereocenters. The number of ether oxygens (including phenoxy) is 1. The zero-order valence-corrected chi connectivity index (χ0v) is 10.0. The Bertz CT molecular complexity index is 371. The number of unbranched alkanes of at least 4 members (excludes halogenated alkanes) is 1. The fourth-order valence-electron chi connectivity index (χ4n) is 1.69. The Balaban J connectivity index is 2.72. The van der Waals surface area contributed by atoms with Gasteiger partial charge in [0.25, 0.3) is 0 Å². The third-order valence-electron chi connectivity index (χ3n) is 2.68. The highest BCUT2D eigenvalue weighted by atomic mass is 19.4. The van der Waals surface area contributed by atoms with Gasteiger partial charge in [0.2, 0.25) is 0 Å². The highest BCUT2D eigenvalue weighted by Gasteiger charge is 2.30. The molecule has 18 heavy (non-hydrogen) atoms. The van der Waals surface area contributed by atoms with Gasteiger partial charge in [-0.15, -0.1) is 0 Å². The van der Waals surface area contributed by atoms with E-state index in [-0.39, 0.29) is 6.10 Å². The number of hydrogen-bond donors (Lipinski definition) is 0. The number of benzene rings is 1. The minimum absolute atomic E-state index is 0.271. The average molecular weight is 260 g/mol. The molecule has 0 bridgehead atoms. The summed E-state index contributed by atoms with van der Waals surface area (Å²) in [6.07, 6.45) is -2.07. The minimum Gasteiger partial charge on any atom is -0.377 e. The first-order chi connectivity index (χ1) is 8.49. The second kappa shape index (κ2) is 6.54. The first kappa shape index (κ1) is 14.7. The predicted octanol–water partition coefficient (Wildman–Crippen LogP) is 3.76. The molecule has 0 aliphatic rings. The Morgan fingerprint density at radius 2 is 1.89 bits per heavy atom. The summed E-state index contributed by atoms with van der Waals surface area (Å²) in [5.74, 6) is 0. The first-order valence-corrected chi connectivity index (χ1v) is 5.62. The summed E-state index contributed by atoms with van der Waals surface area (Å²) in [7, 11) is 1.50. The molecule has 0 aliphatic carbocycles. The van der Waals surface area contributed by atoms with Crippen molar-refractivity contribution in [3.8, 4) is 0 Å². The molecule has 0 radical (unpaired) electrons. The average Bonchev–Trinajstić information content (AvgIpc) is 2.34. The summed E-state index contributed by atoms with van der Waals surface area (Å²) in [5, 5.41) is 0. The molecule has 0 fully saturated rings. The Hall–Kier alpha value is -1.36. The molecule has 0 spiro atoms. The predicted molar refractivity (Wildman–Crippen MR) is 61.1 cm³/mol. The van der Waals surface area contributed by atoms with E-state index in [0.29, 0.717) is 24.8 Å². The van der Waals surface area contributed by atoms with E-state index in [4.69, 9.17) is 4.74 Å². The molecule has 100 valence electrons. The van der Waals surface area contributed by atoms with Gasteiger partial charge in [0.05, 0.1) is 11.7 Å². The number of alkyl halides is 3. The van der Waals surface area contributed by atoms with Crippen LogP contribution in [0, 0.1) is 0 Å². The van der Waals surface area contributed by atoms with Crippen LogP contribution in [0.4, 0.5) is 13.2 Å². The molecule has 2 nitrogen and oxygen atoms in total. The quantitative estimate of drug-likeness (QED) is 0.575. The summed E-state index contributed by atoms with van der Waals surface area (Å²) in [6.45, 7) is 0. The second-order valence-electron chi connectivity index (χ2n) is 3.94. The molecule has 1 aromatic rings. The van der Waals surface area contributed by atoms with Crippen molar-refractivity contribution in [1.82, 2.24) is 0 Å². The van der Waals surface area contributed by atoms with Crippen LogP contribution in [0.15, 0.2) is 24.3 Å². The van der Waals surface area contributed by atoms with Gasteiger partial charge in [-0.3, -0.25) is 0 Å². The summed E-state index contributed by atoms with van der Waals surface area (Å²) in [6, 6.07) is 4.91. The van der Waals surface area contributed by atoms with Crippen LogP contribution in [0.2, 0.25) is 0 Å². The third kappa shape index (κ3) is 4.14. The Morgan fingerprint density at radius 3 is 2.33 bits per heavy atom. The fourth-order valence-corrected chi connectivity index (χ4v) is 1.69. The monoisotopic (exact) mass is 260 g/mol. The van der Waals surface area contributed by atoms with Gasteiger partial charge in [0, 0.05) is 13.5 Å². The third-order valence-corrected chi connectivity index (χ3v) is 2.68. The maximum absolute atomic E-state index is 12.4. The molecule has 0 saturated heterocycles. The zero-order valence-electron chi connectivity index (χ0n) is 10.0. The minimum atomic E-state index is -4.32. The number of halogens is 3. The largest absolute Gasteiger partial charge is 0.416 e. The normalized spacial score (nSPS) is 13.3. The van der Waals surface area contributed by atoms with E-state index in [1.807, 2.05) is 0 Å². The second-order valence-corrected chi connectivity index (χ2v) is 3.94. The van der Waals surface area contributed by atoms with Crippen LogP contribution in [0.3, 0.4) is 0 Å². The van der Waals surface area contributed by atoms with Crippen LogP contribution < -0.4 is 0 Å². The van der Waals surface area contributed by atoms with E-state index in [9.17, 15) is 18.0 Å². The Kier molecular flexibility index (Phi) is 5.34. The number of hydrogen-bond acceptors (Lipinski definition) is 2. The first-order valence-electron chi connectivity index (χ1n) is 5.62. The van der Waals surface area contributed by atoms with Crippen LogP contribution in [0.25, 0.3) is 0 Å². The summed E-state index contributed by atoms with van der Waals surface area (Å²) in [4.78, 5) is 10.2. The number of rotatable bonds is 6. The van der Waals surface area contributed by atoms with E-state index in [1.54, 1.807) is 0 Å². The molecular formula is C13H15F3O2. The van der Waals surface area contributed by atoms with Crippen LogP contribution >= 0.6 is 0 Å². The molecule has 0 aliphatic heterocycles. The molecule has 0 N–H and O–H groups in total. The van der Waals surface area contributed by atoms with Gasteiger partial charge in [-0.25, -0.2) is 0 Å². The molecule has 1 aromatic carbocycles. The highest BCUT2D eigenvalue weighted by Crippen LogP contribution is 2.31. The van der Waals surface area contributed by atoms with E-state index < -0.39 is 11.7 Å². The lowest BCUT2D eigenvalue weighted by Crippen LogP contribution is -2.06.